The van der Waals surface area contributed by atoms with Gasteiger partial charge in [0.05, 0.1) is 13.7 Å². The number of nitrogens with zero attached hydrogens (tertiary/aromatic N) is 1. The fourth-order valence-corrected chi connectivity index (χ4v) is 3.00. The van der Waals surface area contributed by atoms with E-state index < -0.39 is 6.04 Å². The van der Waals surface area contributed by atoms with Gasteiger partial charge in [-0.25, -0.2) is 4.39 Å². The average Bonchev–Trinajstić information content (AvgIpc) is 2.75. The van der Waals surface area contributed by atoms with E-state index in [0.29, 0.717) is 18.8 Å². The fourth-order valence-electron chi connectivity index (χ4n) is 3.00. The summed E-state index contributed by atoms with van der Waals surface area (Å²) in [6.07, 6.45) is 0.736. The lowest BCUT2D eigenvalue weighted by Gasteiger charge is -2.29. The van der Waals surface area contributed by atoms with Gasteiger partial charge in [-0.1, -0.05) is 12.1 Å². The number of hydrogen-bond donors (Lipinski definition) is 1. The molecule has 0 spiro atoms. The zero-order chi connectivity index (χ0) is 22.8. The van der Waals surface area contributed by atoms with E-state index in [0.717, 1.165) is 11.3 Å². The van der Waals surface area contributed by atoms with Gasteiger partial charge in [-0.2, -0.15) is 0 Å². The highest BCUT2D eigenvalue weighted by atomic mass is 19.1. The number of rotatable bonds is 11. The standard InChI is InChI=1S/C24H31FN2O4/c1-17(2)26-24(29)18(3)27(16-19-7-9-20(25)10-8-19)23(28)6-5-15-31-22-13-11-21(30-4)12-14-22/h7-14,17-18H,5-6,15-16H2,1-4H3,(H,26,29). The number of amides is 2. The molecule has 0 aromatic heterocycles. The summed E-state index contributed by atoms with van der Waals surface area (Å²) in [7, 11) is 1.60. The van der Waals surface area contributed by atoms with Crippen molar-refractivity contribution in [2.24, 2.45) is 0 Å². The van der Waals surface area contributed by atoms with Gasteiger partial charge in [0.1, 0.15) is 23.4 Å². The SMILES string of the molecule is COc1ccc(OCCCC(=O)N(Cc2ccc(F)cc2)C(C)C(=O)NC(C)C)cc1. The molecule has 1 N–H and O–H groups in total. The van der Waals surface area contributed by atoms with Crippen molar-refractivity contribution < 1.29 is 23.5 Å². The molecule has 0 saturated heterocycles. The van der Waals surface area contributed by atoms with Gasteiger partial charge in [-0.3, -0.25) is 9.59 Å². The summed E-state index contributed by atoms with van der Waals surface area (Å²) in [5, 5.41) is 2.84. The Labute approximate surface area is 183 Å². The summed E-state index contributed by atoms with van der Waals surface area (Å²) < 4.78 is 24.0. The minimum Gasteiger partial charge on any atom is -0.497 e. The number of hydrogen-bond acceptors (Lipinski definition) is 4. The number of benzene rings is 2. The van der Waals surface area contributed by atoms with Crippen LogP contribution in [0.5, 0.6) is 11.5 Å². The molecular weight excluding hydrogens is 399 g/mol. The van der Waals surface area contributed by atoms with E-state index in [2.05, 4.69) is 5.32 Å². The normalized spacial score (nSPS) is 11.7. The zero-order valence-electron chi connectivity index (χ0n) is 18.6. The van der Waals surface area contributed by atoms with E-state index in [-0.39, 0.29) is 36.6 Å². The Morgan fingerprint density at radius 3 is 2.19 bits per heavy atom. The smallest absolute Gasteiger partial charge is 0.242 e. The first kappa shape index (κ1) is 24.2. The molecule has 0 bridgehead atoms. The van der Waals surface area contributed by atoms with Crippen molar-refractivity contribution >= 4 is 11.8 Å². The van der Waals surface area contributed by atoms with Gasteiger partial charge in [0.25, 0.3) is 0 Å². The van der Waals surface area contributed by atoms with E-state index in [1.165, 1.54) is 17.0 Å². The van der Waals surface area contributed by atoms with Gasteiger partial charge in [-0.05, 0) is 69.2 Å². The number of ether oxygens (including phenoxy) is 2. The fraction of sp³-hybridized carbons (Fsp3) is 0.417. The van der Waals surface area contributed by atoms with Crippen LogP contribution >= 0.6 is 0 Å². The van der Waals surface area contributed by atoms with Crippen LogP contribution in [0.15, 0.2) is 48.5 Å². The molecule has 1 atom stereocenters. The van der Waals surface area contributed by atoms with Crippen molar-refractivity contribution in [2.45, 2.75) is 52.2 Å². The Hall–Kier alpha value is -3.09. The lowest BCUT2D eigenvalue weighted by atomic mass is 10.1. The van der Waals surface area contributed by atoms with E-state index >= 15 is 0 Å². The van der Waals surface area contributed by atoms with Crippen molar-refractivity contribution in [1.82, 2.24) is 10.2 Å². The maximum absolute atomic E-state index is 13.2. The van der Waals surface area contributed by atoms with Crippen LogP contribution in [0.25, 0.3) is 0 Å². The monoisotopic (exact) mass is 430 g/mol. The second kappa shape index (κ2) is 11.9. The molecule has 0 aliphatic carbocycles. The molecule has 168 valence electrons. The number of carbonyl (C=O) groups is 2. The Bertz CT molecular complexity index is 838. The third kappa shape index (κ3) is 7.92. The van der Waals surface area contributed by atoms with Crippen LogP contribution in [0.3, 0.4) is 0 Å². The summed E-state index contributed by atoms with van der Waals surface area (Å²) >= 11 is 0. The Kier molecular flexibility index (Phi) is 9.31. The van der Waals surface area contributed by atoms with Gasteiger partial charge in [0.15, 0.2) is 0 Å². The number of methoxy groups -OCH3 is 1. The second-order valence-electron chi connectivity index (χ2n) is 7.61. The third-order valence-electron chi connectivity index (χ3n) is 4.73. The van der Waals surface area contributed by atoms with Gasteiger partial charge in [0.2, 0.25) is 11.8 Å². The first-order valence-electron chi connectivity index (χ1n) is 10.4. The molecule has 6 nitrogen and oxygen atoms in total. The topological polar surface area (TPSA) is 67.9 Å². The summed E-state index contributed by atoms with van der Waals surface area (Å²) in [6.45, 7) is 6.04. The van der Waals surface area contributed by atoms with Gasteiger partial charge in [0, 0.05) is 19.0 Å². The molecule has 2 aromatic carbocycles. The number of carbonyl (C=O) groups excluding carboxylic acids is 2. The summed E-state index contributed by atoms with van der Waals surface area (Å²) in [5.74, 6) is 0.714. The zero-order valence-corrected chi connectivity index (χ0v) is 18.6. The van der Waals surface area contributed by atoms with Crippen LogP contribution in [0.2, 0.25) is 0 Å². The number of nitrogens with one attached hydrogen (secondary N) is 1. The molecule has 31 heavy (non-hydrogen) atoms. The maximum Gasteiger partial charge on any atom is 0.242 e. The lowest BCUT2D eigenvalue weighted by molar-refractivity contribution is -0.141. The van der Waals surface area contributed by atoms with Crippen molar-refractivity contribution in [3.05, 3.63) is 59.9 Å². The molecule has 0 heterocycles. The molecule has 1 unspecified atom stereocenters. The predicted molar refractivity (Wildman–Crippen MR) is 117 cm³/mol. The van der Waals surface area contributed by atoms with Crippen LogP contribution in [0, 0.1) is 5.82 Å². The van der Waals surface area contributed by atoms with Crippen LogP contribution in [0.4, 0.5) is 4.39 Å². The third-order valence-corrected chi connectivity index (χ3v) is 4.73. The molecule has 0 aliphatic heterocycles. The molecule has 0 radical (unpaired) electrons. The average molecular weight is 431 g/mol. The molecule has 0 aliphatic rings. The maximum atomic E-state index is 13.2. The molecule has 0 fully saturated rings. The molecule has 2 amide bonds. The molecule has 0 saturated carbocycles. The van der Waals surface area contributed by atoms with E-state index in [4.69, 9.17) is 9.47 Å². The van der Waals surface area contributed by atoms with Gasteiger partial charge in [-0.15, -0.1) is 0 Å². The quantitative estimate of drug-likeness (QED) is 0.549. The predicted octanol–water partition coefficient (Wildman–Crippen LogP) is 3.94. The molecule has 2 aromatic rings. The Balaban J connectivity index is 1.97. The highest BCUT2D eigenvalue weighted by Crippen LogP contribution is 2.18. The number of halogens is 1. The van der Waals surface area contributed by atoms with Crippen LogP contribution in [-0.4, -0.2) is 42.5 Å². The first-order valence-corrected chi connectivity index (χ1v) is 10.4. The minimum absolute atomic E-state index is 0.0318. The van der Waals surface area contributed by atoms with Gasteiger partial charge < -0.3 is 19.7 Å². The highest BCUT2D eigenvalue weighted by Gasteiger charge is 2.26. The van der Waals surface area contributed by atoms with E-state index in [1.807, 2.05) is 13.8 Å². The van der Waals surface area contributed by atoms with Crippen molar-refractivity contribution in [2.75, 3.05) is 13.7 Å². The van der Waals surface area contributed by atoms with Crippen LogP contribution < -0.4 is 14.8 Å². The van der Waals surface area contributed by atoms with E-state index in [1.54, 1.807) is 50.4 Å². The Morgan fingerprint density at radius 2 is 1.61 bits per heavy atom. The summed E-state index contributed by atoms with van der Waals surface area (Å²) in [5.41, 5.74) is 0.758. The Morgan fingerprint density at radius 1 is 1.00 bits per heavy atom. The van der Waals surface area contributed by atoms with E-state index in [9.17, 15) is 14.0 Å². The molecule has 2 rings (SSSR count). The van der Waals surface area contributed by atoms with Crippen molar-refractivity contribution in [3.63, 3.8) is 0 Å². The van der Waals surface area contributed by atoms with Crippen LogP contribution in [-0.2, 0) is 16.1 Å². The van der Waals surface area contributed by atoms with Crippen LogP contribution in [0.1, 0.15) is 39.2 Å². The van der Waals surface area contributed by atoms with Gasteiger partial charge >= 0.3 is 0 Å². The van der Waals surface area contributed by atoms with Crippen molar-refractivity contribution in [1.29, 1.82) is 0 Å². The second-order valence-corrected chi connectivity index (χ2v) is 7.61. The summed E-state index contributed by atoms with van der Waals surface area (Å²) in [6, 6.07) is 12.5. The first-order chi connectivity index (χ1) is 14.8. The van der Waals surface area contributed by atoms with Crippen molar-refractivity contribution in [3.8, 4) is 11.5 Å². The summed E-state index contributed by atoms with van der Waals surface area (Å²) in [4.78, 5) is 27.0. The highest BCUT2D eigenvalue weighted by molar-refractivity contribution is 5.87. The lowest BCUT2D eigenvalue weighted by Crippen LogP contribution is -2.49. The minimum atomic E-state index is -0.651. The molecular formula is C24H31FN2O4. The molecule has 7 heteroatoms. The largest absolute Gasteiger partial charge is 0.497 e.